The third-order valence-electron chi connectivity index (χ3n) is 2.12. The fourth-order valence-corrected chi connectivity index (χ4v) is 1.97. The SMILES string of the molecule is C=CC(C)c1cc(I)cc(OCCCl)c1. The van der Waals surface area contributed by atoms with Crippen LogP contribution in [0.1, 0.15) is 18.4 Å². The lowest BCUT2D eigenvalue weighted by Gasteiger charge is -2.10. The first-order chi connectivity index (χ1) is 7.17. The summed E-state index contributed by atoms with van der Waals surface area (Å²) >= 11 is 7.86. The first-order valence-electron chi connectivity index (χ1n) is 4.79. The lowest BCUT2D eigenvalue weighted by Crippen LogP contribution is -1.99. The predicted molar refractivity (Wildman–Crippen MR) is 74.0 cm³/mol. The van der Waals surface area contributed by atoms with Crippen LogP contribution in [0.3, 0.4) is 0 Å². The molecular formula is C12H14ClIO. The van der Waals surface area contributed by atoms with Crippen molar-refractivity contribution in [1.29, 1.82) is 0 Å². The minimum Gasteiger partial charge on any atom is -0.492 e. The summed E-state index contributed by atoms with van der Waals surface area (Å²) in [5.74, 6) is 1.74. The van der Waals surface area contributed by atoms with Gasteiger partial charge < -0.3 is 4.74 Å². The van der Waals surface area contributed by atoms with Crippen LogP contribution in [0.2, 0.25) is 0 Å². The van der Waals surface area contributed by atoms with Crippen LogP contribution in [0.15, 0.2) is 30.9 Å². The van der Waals surface area contributed by atoms with E-state index in [1.807, 2.05) is 18.2 Å². The first kappa shape index (κ1) is 12.8. The number of allylic oxidation sites excluding steroid dienone is 1. The number of ether oxygens (including phenoxy) is 1. The van der Waals surface area contributed by atoms with Gasteiger partial charge in [0.2, 0.25) is 0 Å². The molecule has 0 amide bonds. The summed E-state index contributed by atoms with van der Waals surface area (Å²) in [7, 11) is 0. The molecule has 0 saturated carbocycles. The summed E-state index contributed by atoms with van der Waals surface area (Å²) < 4.78 is 6.67. The molecular weight excluding hydrogens is 322 g/mol. The van der Waals surface area contributed by atoms with Gasteiger partial charge in [-0.15, -0.1) is 18.2 Å². The van der Waals surface area contributed by atoms with Gasteiger partial charge in [-0.25, -0.2) is 0 Å². The monoisotopic (exact) mass is 336 g/mol. The Kier molecular flexibility index (Phi) is 5.47. The fraction of sp³-hybridized carbons (Fsp3) is 0.333. The Morgan fingerprint density at radius 2 is 2.27 bits per heavy atom. The molecule has 0 fully saturated rings. The van der Waals surface area contributed by atoms with Gasteiger partial charge in [-0.3, -0.25) is 0 Å². The molecule has 1 rings (SSSR count). The molecule has 0 aliphatic heterocycles. The highest BCUT2D eigenvalue weighted by atomic mass is 127. The molecule has 15 heavy (non-hydrogen) atoms. The average molecular weight is 337 g/mol. The number of benzene rings is 1. The molecule has 1 aromatic rings. The average Bonchev–Trinajstić information content (AvgIpc) is 2.24. The zero-order valence-corrected chi connectivity index (χ0v) is 11.6. The lowest BCUT2D eigenvalue weighted by molar-refractivity contribution is 0.342. The largest absolute Gasteiger partial charge is 0.492 e. The van der Waals surface area contributed by atoms with Crippen LogP contribution in [0.25, 0.3) is 0 Å². The van der Waals surface area contributed by atoms with Crippen LogP contribution in [-0.2, 0) is 0 Å². The predicted octanol–water partition coefficient (Wildman–Crippen LogP) is 4.20. The molecule has 3 heteroatoms. The van der Waals surface area contributed by atoms with Gasteiger partial charge in [0.05, 0.1) is 5.88 Å². The van der Waals surface area contributed by atoms with Gasteiger partial charge in [-0.2, -0.15) is 0 Å². The van der Waals surface area contributed by atoms with Crippen molar-refractivity contribution in [2.24, 2.45) is 0 Å². The number of rotatable bonds is 5. The maximum Gasteiger partial charge on any atom is 0.120 e. The summed E-state index contributed by atoms with van der Waals surface area (Å²) in [6, 6.07) is 6.19. The zero-order chi connectivity index (χ0) is 11.3. The summed E-state index contributed by atoms with van der Waals surface area (Å²) in [5.41, 5.74) is 1.22. The quantitative estimate of drug-likeness (QED) is 0.445. The molecule has 0 saturated heterocycles. The maximum atomic E-state index is 5.58. The van der Waals surface area contributed by atoms with Gasteiger partial charge in [-0.1, -0.05) is 13.0 Å². The van der Waals surface area contributed by atoms with Crippen molar-refractivity contribution >= 4 is 34.2 Å². The second-order valence-electron chi connectivity index (χ2n) is 3.28. The van der Waals surface area contributed by atoms with Gasteiger partial charge in [0.15, 0.2) is 0 Å². The number of hydrogen-bond donors (Lipinski definition) is 0. The summed E-state index contributed by atoms with van der Waals surface area (Å²) in [6.45, 7) is 6.45. The molecule has 1 nitrogen and oxygen atoms in total. The van der Waals surface area contributed by atoms with Crippen molar-refractivity contribution in [2.75, 3.05) is 12.5 Å². The third-order valence-corrected chi connectivity index (χ3v) is 2.90. The molecule has 82 valence electrons. The molecule has 0 radical (unpaired) electrons. The van der Waals surface area contributed by atoms with Crippen molar-refractivity contribution < 1.29 is 4.74 Å². The Balaban J connectivity index is 2.89. The zero-order valence-electron chi connectivity index (χ0n) is 8.67. The number of halogens is 2. The Morgan fingerprint density at radius 1 is 1.53 bits per heavy atom. The van der Waals surface area contributed by atoms with Crippen LogP contribution in [0.5, 0.6) is 5.75 Å². The highest BCUT2D eigenvalue weighted by molar-refractivity contribution is 14.1. The molecule has 1 atom stereocenters. The third kappa shape index (κ3) is 4.03. The fourth-order valence-electron chi connectivity index (χ4n) is 1.22. The highest BCUT2D eigenvalue weighted by Crippen LogP contribution is 2.24. The summed E-state index contributed by atoms with van der Waals surface area (Å²) in [4.78, 5) is 0. The van der Waals surface area contributed by atoms with E-state index in [0.29, 0.717) is 18.4 Å². The van der Waals surface area contributed by atoms with Crippen molar-refractivity contribution in [2.45, 2.75) is 12.8 Å². The van der Waals surface area contributed by atoms with Crippen LogP contribution in [-0.4, -0.2) is 12.5 Å². The van der Waals surface area contributed by atoms with E-state index in [1.165, 1.54) is 9.13 Å². The van der Waals surface area contributed by atoms with E-state index in [9.17, 15) is 0 Å². The first-order valence-corrected chi connectivity index (χ1v) is 6.40. The van der Waals surface area contributed by atoms with Crippen molar-refractivity contribution in [3.8, 4) is 5.75 Å². The minimum absolute atomic E-state index is 0.345. The van der Waals surface area contributed by atoms with Crippen molar-refractivity contribution in [3.63, 3.8) is 0 Å². The molecule has 0 heterocycles. The smallest absolute Gasteiger partial charge is 0.120 e. The molecule has 0 spiro atoms. The molecule has 1 unspecified atom stereocenters. The second kappa shape index (κ2) is 6.38. The normalized spacial score (nSPS) is 12.2. The standard InChI is InChI=1S/C12H14ClIO/c1-3-9(2)10-6-11(14)8-12(7-10)15-5-4-13/h3,6-9H,1,4-5H2,2H3. The summed E-state index contributed by atoms with van der Waals surface area (Å²) in [6.07, 6.45) is 1.93. The number of hydrogen-bond acceptors (Lipinski definition) is 1. The Morgan fingerprint density at radius 3 is 2.87 bits per heavy atom. The second-order valence-corrected chi connectivity index (χ2v) is 4.91. The molecule has 0 aliphatic rings. The molecule has 1 aromatic carbocycles. The molecule has 0 aliphatic carbocycles. The van der Waals surface area contributed by atoms with Crippen LogP contribution < -0.4 is 4.74 Å². The van der Waals surface area contributed by atoms with E-state index < -0.39 is 0 Å². The van der Waals surface area contributed by atoms with Gasteiger partial charge in [0.1, 0.15) is 12.4 Å². The van der Waals surface area contributed by atoms with Crippen LogP contribution >= 0.6 is 34.2 Å². The maximum absolute atomic E-state index is 5.58. The van der Waals surface area contributed by atoms with E-state index in [0.717, 1.165) is 5.75 Å². The van der Waals surface area contributed by atoms with E-state index in [4.69, 9.17) is 16.3 Å². The van der Waals surface area contributed by atoms with Crippen LogP contribution in [0, 0.1) is 3.57 Å². The molecule has 0 aromatic heterocycles. The van der Waals surface area contributed by atoms with E-state index >= 15 is 0 Å². The topological polar surface area (TPSA) is 9.23 Å². The molecule has 0 N–H and O–H groups in total. The van der Waals surface area contributed by atoms with E-state index in [1.54, 1.807) is 0 Å². The van der Waals surface area contributed by atoms with Gasteiger partial charge in [0, 0.05) is 3.57 Å². The Labute approximate surface area is 110 Å². The number of alkyl halides is 1. The van der Waals surface area contributed by atoms with E-state index in [2.05, 4.69) is 42.2 Å². The highest BCUT2D eigenvalue weighted by Gasteiger charge is 2.05. The Hall–Kier alpha value is -0.220. The van der Waals surface area contributed by atoms with Crippen molar-refractivity contribution in [1.82, 2.24) is 0 Å². The van der Waals surface area contributed by atoms with E-state index in [-0.39, 0.29) is 0 Å². The molecule has 0 bridgehead atoms. The van der Waals surface area contributed by atoms with Crippen LogP contribution in [0.4, 0.5) is 0 Å². The summed E-state index contributed by atoms with van der Waals surface area (Å²) in [5, 5.41) is 0. The van der Waals surface area contributed by atoms with Gasteiger partial charge >= 0.3 is 0 Å². The minimum atomic E-state index is 0.345. The van der Waals surface area contributed by atoms with Gasteiger partial charge in [0.25, 0.3) is 0 Å². The van der Waals surface area contributed by atoms with Crippen molar-refractivity contribution in [3.05, 3.63) is 40.0 Å². The lowest BCUT2D eigenvalue weighted by atomic mass is 10.0. The van der Waals surface area contributed by atoms with Gasteiger partial charge in [-0.05, 0) is 52.3 Å². The Bertz CT molecular complexity index is 338.